The highest BCUT2D eigenvalue weighted by atomic mass is 16.5. The van der Waals surface area contributed by atoms with Crippen molar-refractivity contribution in [1.29, 1.82) is 0 Å². The first kappa shape index (κ1) is 18.9. The molecule has 7 nitrogen and oxygen atoms in total. The Kier molecular flexibility index (Phi) is 5.78. The van der Waals surface area contributed by atoms with Gasteiger partial charge in [-0.15, -0.1) is 0 Å². The average Bonchev–Trinajstić information content (AvgIpc) is 3.01. The zero-order chi connectivity index (χ0) is 19.4. The predicted octanol–water partition coefficient (Wildman–Crippen LogP) is 2.95. The number of nitrogens with zero attached hydrogens (tertiary/aromatic N) is 3. The molecule has 2 heterocycles. The molecule has 0 aliphatic carbocycles. The average molecular weight is 369 g/mol. The van der Waals surface area contributed by atoms with E-state index in [1.807, 2.05) is 32.2 Å². The molecule has 0 aliphatic heterocycles. The second kappa shape index (κ2) is 8.24. The number of benzene rings is 1. The highest BCUT2D eigenvalue weighted by Gasteiger charge is 2.15. The summed E-state index contributed by atoms with van der Waals surface area (Å²) in [5.41, 5.74) is 8.69. The van der Waals surface area contributed by atoms with E-state index in [2.05, 4.69) is 21.8 Å². The van der Waals surface area contributed by atoms with Crippen LogP contribution in [-0.4, -0.2) is 33.6 Å². The molecule has 0 bridgehead atoms. The summed E-state index contributed by atoms with van der Waals surface area (Å²) < 4.78 is 7.90. The standard InChI is InChI=1S/C20H27N5O2/c1-4-6-7-16-24-18-19(25(16)3)14-12-13(8-9-15(14)23-20(18)21)27-11-10-22-17(26)5-2/h8-9,12H,4-7,10-11H2,1-3H3,(H2,21,23)(H,22,26). The maximum absolute atomic E-state index is 11.3. The van der Waals surface area contributed by atoms with Gasteiger partial charge in [0.1, 0.15) is 23.7 Å². The Balaban J connectivity index is 1.91. The third kappa shape index (κ3) is 3.97. The monoisotopic (exact) mass is 369 g/mol. The van der Waals surface area contributed by atoms with Crippen molar-refractivity contribution in [1.82, 2.24) is 19.9 Å². The number of amides is 1. The highest BCUT2D eigenvalue weighted by molar-refractivity contribution is 6.07. The molecular formula is C20H27N5O2. The Labute approximate surface area is 158 Å². The number of aryl methyl sites for hydroxylation is 2. The molecule has 1 amide bonds. The SMILES string of the molecule is CCCCc1nc2c(N)nc3ccc(OCCNC(=O)CC)cc3c2n1C. The minimum atomic E-state index is 0.0213. The van der Waals surface area contributed by atoms with Crippen LogP contribution in [-0.2, 0) is 18.3 Å². The van der Waals surface area contributed by atoms with Crippen LogP contribution in [0.15, 0.2) is 18.2 Å². The van der Waals surface area contributed by atoms with Crippen molar-refractivity contribution in [2.75, 3.05) is 18.9 Å². The molecule has 0 saturated heterocycles. The van der Waals surface area contributed by atoms with Gasteiger partial charge >= 0.3 is 0 Å². The smallest absolute Gasteiger partial charge is 0.219 e. The number of imidazole rings is 1. The molecule has 3 rings (SSSR count). The normalized spacial score (nSPS) is 11.2. The van der Waals surface area contributed by atoms with Crippen molar-refractivity contribution in [3.8, 4) is 5.75 Å². The lowest BCUT2D eigenvalue weighted by Crippen LogP contribution is -2.27. The van der Waals surface area contributed by atoms with E-state index in [4.69, 9.17) is 15.5 Å². The van der Waals surface area contributed by atoms with E-state index in [0.29, 0.717) is 25.4 Å². The topological polar surface area (TPSA) is 95.1 Å². The fourth-order valence-corrected chi connectivity index (χ4v) is 3.15. The van der Waals surface area contributed by atoms with Crippen molar-refractivity contribution in [2.24, 2.45) is 7.05 Å². The van der Waals surface area contributed by atoms with Gasteiger partial charge in [0.05, 0.1) is 17.6 Å². The van der Waals surface area contributed by atoms with E-state index in [9.17, 15) is 4.79 Å². The zero-order valence-corrected chi connectivity index (χ0v) is 16.2. The number of ether oxygens (including phenoxy) is 1. The highest BCUT2D eigenvalue weighted by Crippen LogP contribution is 2.31. The maximum atomic E-state index is 11.3. The van der Waals surface area contributed by atoms with E-state index in [0.717, 1.165) is 52.8 Å². The molecule has 3 N–H and O–H groups in total. The van der Waals surface area contributed by atoms with Gasteiger partial charge < -0.3 is 20.4 Å². The molecule has 0 aliphatic rings. The Morgan fingerprint density at radius 1 is 1.30 bits per heavy atom. The molecule has 0 spiro atoms. The van der Waals surface area contributed by atoms with Gasteiger partial charge in [-0.05, 0) is 24.6 Å². The number of aromatic nitrogens is 3. The first-order valence-electron chi connectivity index (χ1n) is 9.49. The largest absolute Gasteiger partial charge is 0.492 e. The number of fused-ring (bicyclic) bond motifs is 3. The number of hydrogen-bond donors (Lipinski definition) is 2. The lowest BCUT2D eigenvalue weighted by Gasteiger charge is -2.10. The molecule has 0 atom stereocenters. The third-order valence-corrected chi connectivity index (χ3v) is 4.66. The molecule has 3 aromatic rings. The van der Waals surface area contributed by atoms with Gasteiger partial charge in [0.15, 0.2) is 5.82 Å². The molecule has 27 heavy (non-hydrogen) atoms. The number of carbonyl (C=O) groups is 1. The number of pyridine rings is 1. The van der Waals surface area contributed by atoms with Crippen LogP contribution in [0, 0.1) is 0 Å². The quantitative estimate of drug-likeness (QED) is 0.595. The second-order valence-corrected chi connectivity index (χ2v) is 6.62. The number of carbonyl (C=O) groups excluding carboxylic acids is 1. The lowest BCUT2D eigenvalue weighted by atomic mass is 10.1. The molecule has 0 fully saturated rings. The van der Waals surface area contributed by atoms with Crippen LogP contribution in [0.2, 0.25) is 0 Å². The number of nitrogen functional groups attached to an aromatic ring is 1. The number of nitrogens with one attached hydrogen (secondary N) is 1. The predicted molar refractivity (Wildman–Crippen MR) is 108 cm³/mol. The summed E-state index contributed by atoms with van der Waals surface area (Å²) in [4.78, 5) is 20.5. The molecule has 0 radical (unpaired) electrons. The lowest BCUT2D eigenvalue weighted by molar-refractivity contribution is -0.120. The molecule has 2 aromatic heterocycles. The van der Waals surface area contributed by atoms with E-state index < -0.39 is 0 Å². The Bertz CT molecular complexity index is 964. The first-order valence-corrected chi connectivity index (χ1v) is 9.49. The summed E-state index contributed by atoms with van der Waals surface area (Å²) in [6, 6.07) is 5.75. The van der Waals surface area contributed by atoms with Crippen LogP contribution in [0.5, 0.6) is 5.75 Å². The van der Waals surface area contributed by atoms with Gasteiger partial charge in [0, 0.05) is 25.3 Å². The number of nitrogens with two attached hydrogens (primary N) is 1. The minimum absolute atomic E-state index is 0.0213. The Hall–Kier alpha value is -2.83. The van der Waals surface area contributed by atoms with Crippen molar-refractivity contribution in [3.05, 3.63) is 24.0 Å². The molecule has 144 valence electrons. The van der Waals surface area contributed by atoms with Crippen LogP contribution >= 0.6 is 0 Å². The Morgan fingerprint density at radius 2 is 2.11 bits per heavy atom. The number of anilines is 1. The Morgan fingerprint density at radius 3 is 2.85 bits per heavy atom. The van der Waals surface area contributed by atoms with Crippen LogP contribution in [0.3, 0.4) is 0 Å². The number of rotatable bonds is 8. The molecule has 0 saturated carbocycles. The summed E-state index contributed by atoms with van der Waals surface area (Å²) in [5, 5.41) is 3.77. The van der Waals surface area contributed by atoms with E-state index in [1.54, 1.807) is 0 Å². The fourth-order valence-electron chi connectivity index (χ4n) is 3.15. The van der Waals surface area contributed by atoms with E-state index >= 15 is 0 Å². The molecular weight excluding hydrogens is 342 g/mol. The van der Waals surface area contributed by atoms with Crippen molar-refractivity contribution in [3.63, 3.8) is 0 Å². The third-order valence-electron chi connectivity index (χ3n) is 4.66. The molecule has 7 heteroatoms. The van der Waals surface area contributed by atoms with Gasteiger partial charge in [-0.1, -0.05) is 20.3 Å². The first-order chi connectivity index (χ1) is 13.0. The van der Waals surface area contributed by atoms with Gasteiger partial charge in [0.2, 0.25) is 5.91 Å². The van der Waals surface area contributed by atoms with Gasteiger partial charge in [0.25, 0.3) is 0 Å². The number of hydrogen-bond acceptors (Lipinski definition) is 5. The van der Waals surface area contributed by atoms with E-state index in [-0.39, 0.29) is 5.91 Å². The van der Waals surface area contributed by atoms with Crippen molar-refractivity contribution in [2.45, 2.75) is 39.5 Å². The summed E-state index contributed by atoms with van der Waals surface area (Å²) in [7, 11) is 2.02. The summed E-state index contributed by atoms with van der Waals surface area (Å²) in [6.45, 7) is 4.88. The second-order valence-electron chi connectivity index (χ2n) is 6.62. The van der Waals surface area contributed by atoms with Crippen molar-refractivity contribution < 1.29 is 9.53 Å². The van der Waals surface area contributed by atoms with Gasteiger partial charge in [-0.2, -0.15) is 0 Å². The van der Waals surface area contributed by atoms with E-state index in [1.165, 1.54) is 0 Å². The zero-order valence-electron chi connectivity index (χ0n) is 16.2. The van der Waals surface area contributed by atoms with Crippen LogP contribution in [0.1, 0.15) is 38.9 Å². The maximum Gasteiger partial charge on any atom is 0.219 e. The van der Waals surface area contributed by atoms with Crippen molar-refractivity contribution >= 4 is 33.7 Å². The molecule has 0 unspecified atom stereocenters. The van der Waals surface area contributed by atoms with Crippen LogP contribution in [0.25, 0.3) is 21.9 Å². The summed E-state index contributed by atoms with van der Waals surface area (Å²) in [5.74, 6) is 2.22. The van der Waals surface area contributed by atoms with Crippen LogP contribution < -0.4 is 15.8 Å². The van der Waals surface area contributed by atoms with Gasteiger partial charge in [-0.25, -0.2) is 9.97 Å². The number of unbranched alkanes of at least 4 members (excludes halogenated alkanes) is 1. The van der Waals surface area contributed by atoms with Gasteiger partial charge in [-0.3, -0.25) is 4.79 Å². The fraction of sp³-hybridized carbons (Fsp3) is 0.450. The summed E-state index contributed by atoms with van der Waals surface area (Å²) in [6.07, 6.45) is 3.59. The minimum Gasteiger partial charge on any atom is -0.492 e. The molecule has 1 aromatic carbocycles. The van der Waals surface area contributed by atoms with Crippen LogP contribution in [0.4, 0.5) is 5.82 Å². The summed E-state index contributed by atoms with van der Waals surface area (Å²) >= 11 is 0.